The Kier molecular flexibility index (Phi) is 3.28. The van der Waals surface area contributed by atoms with Gasteiger partial charge in [-0.05, 0) is 12.1 Å². The maximum atomic E-state index is 11.6. The van der Waals surface area contributed by atoms with Crippen LogP contribution in [0.25, 0.3) is 0 Å². The molecule has 2 aromatic rings. The normalized spacial score (nSPS) is 10.3. The zero-order valence-corrected chi connectivity index (χ0v) is 9.28. The minimum Gasteiger partial charge on any atom is -0.453 e. The number of nitrogens with zero attached hydrogens (tertiary/aromatic N) is 2. The van der Waals surface area contributed by atoms with Crippen LogP contribution in [0.4, 0.5) is 5.13 Å². The molecular formula is C9H9N3O3S. The molecular weight excluding hydrogens is 230 g/mol. The number of anilines is 1. The largest absolute Gasteiger partial charge is 0.453 e. The molecule has 16 heavy (non-hydrogen) atoms. The standard InChI is InChI=1S/C9H9N3O3S/c1-14-4-6-2-3-7(15-6)8(13)11-9-12-10-5-16-9/h2-3,5H,4H2,1H3,(H,11,12,13). The van der Waals surface area contributed by atoms with E-state index >= 15 is 0 Å². The summed E-state index contributed by atoms with van der Waals surface area (Å²) in [5.41, 5.74) is 1.54. The Morgan fingerprint density at radius 2 is 2.50 bits per heavy atom. The fraction of sp³-hybridized carbons (Fsp3) is 0.222. The molecule has 1 amide bonds. The second-order valence-corrected chi connectivity index (χ2v) is 3.73. The summed E-state index contributed by atoms with van der Waals surface area (Å²) < 4.78 is 10.1. The van der Waals surface area contributed by atoms with Gasteiger partial charge >= 0.3 is 0 Å². The number of amides is 1. The number of rotatable bonds is 4. The first-order valence-electron chi connectivity index (χ1n) is 4.45. The Labute approximate surface area is 95.3 Å². The molecule has 7 heteroatoms. The molecule has 0 unspecified atom stereocenters. The fourth-order valence-corrected chi connectivity index (χ4v) is 1.55. The predicted octanol–water partition coefficient (Wildman–Crippen LogP) is 1.53. The average molecular weight is 239 g/mol. The lowest BCUT2D eigenvalue weighted by molar-refractivity contribution is 0.0987. The van der Waals surface area contributed by atoms with Crippen molar-refractivity contribution >= 4 is 22.4 Å². The fourth-order valence-electron chi connectivity index (χ4n) is 1.11. The third-order valence-electron chi connectivity index (χ3n) is 1.75. The molecule has 0 aliphatic heterocycles. The molecule has 0 fully saturated rings. The minimum absolute atomic E-state index is 0.224. The van der Waals surface area contributed by atoms with Crippen molar-refractivity contribution in [2.45, 2.75) is 6.61 Å². The molecule has 6 nitrogen and oxygen atoms in total. The summed E-state index contributed by atoms with van der Waals surface area (Å²) in [5.74, 6) is 0.478. The van der Waals surface area contributed by atoms with Crippen LogP contribution in [0, 0.1) is 0 Å². The van der Waals surface area contributed by atoms with Gasteiger partial charge < -0.3 is 9.15 Å². The van der Waals surface area contributed by atoms with E-state index in [1.807, 2.05) is 0 Å². The molecule has 0 radical (unpaired) electrons. The van der Waals surface area contributed by atoms with Crippen molar-refractivity contribution in [1.29, 1.82) is 0 Å². The van der Waals surface area contributed by atoms with E-state index in [0.29, 0.717) is 17.5 Å². The number of carbonyl (C=O) groups excluding carboxylic acids is 1. The number of ether oxygens (including phenoxy) is 1. The smallest absolute Gasteiger partial charge is 0.293 e. The van der Waals surface area contributed by atoms with E-state index in [1.165, 1.54) is 16.8 Å². The number of nitrogens with one attached hydrogen (secondary N) is 1. The van der Waals surface area contributed by atoms with Gasteiger partial charge in [-0.3, -0.25) is 10.1 Å². The van der Waals surface area contributed by atoms with Crippen LogP contribution in [-0.4, -0.2) is 23.2 Å². The van der Waals surface area contributed by atoms with Crippen LogP contribution in [-0.2, 0) is 11.3 Å². The Morgan fingerprint density at radius 1 is 1.62 bits per heavy atom. The average Bonchev–Trinajstić information content (AvgIpc) is 2.89. The molecule has 0 aromatic carbocycles. The molecule has 2 rings (SSSR count). The van der Waals surface area contributed by atoms with E-state index in [9.17, 15) is 4.79 Å². The van der Waals surface area contributed by atoms with Crippen molar-refractivity contribution in [3.8, 4) is 0 Å². The highest BCUT2D eigenvalue weighted by atomic mass is 32.1. The highest BCUT2D eigenvalue weighted by molar-refractivity contribution is 7.13. The zero-order chi connectivity index (χ0) is 11.4. The summed E-state index contributed by atoms with van der Waals surface area (Å²) >= 11 is 1.24. The molecule has 0 aliphatic carbocycles. The van der Waals surface area contributed by atoms with Crippen molar-refractivity contribution < 1.29 is 13.9 Å². The SMILES string of the molecule is COCc1ccc(C(=O)Nc2nncs2)o1. The molecule has 0 saturated heterocycles. The summed E-state index contributed by atoms with van der Waals surface area (Å²) in [6.45, 7) is 0.339. The maximum Gasteiger partial charge on any atom is 0.293 e. The quantitative estimate of drug-likeness (QED) is 0.875. The first-order chi connectivity index (χ1) is 7.79. The van der Waals surface area contributed by atoms with Crippen LogP contribution in [0.2, 0.25) is 0 Å². The van der Waals surface area contributed by atoms with Crippen LogP contribution in [0.3, 0.4) is 0 Å². The number of aromatic nitrogens is 2. The first-order valence-corrected chi connectivity index (χ1v) is 5.32. The van der Waals surface area contributed by atoms with Gasteiger partial charge in [-0.15, -0.1) is 10.2 Å². The molecule has 0 spiro atoms. The molecule has 84 valence electrons. The summed E-state index contributed by atoms with van der Waals surface area (Å²) in [4.78, 5) is 11.6. The Morgan fingerprint density at radius 3 is 3.19 bits per heavy atom. The number of methoxy groups -OCH3 is 1. The lowest BCUT2D eigenvalue weighted by atomic mass is 10.4. The van der Waals surface area contributed by atoms with Gasteiger partial charge in [0, 0.05) is 7.11 Å². The van der Waals surface area contributed by atoms with Crippen molar-refractivity contribution in [3.05, 3.63) is 29.2 Å². The van der Waals surface area contributed by atoms with Gasteiger partial charge in [0.25, 0.3) is 5.91 Å². The van der Waals surface area contributed by atoms with Gasteiger partial charge in [-0.25, -0.2) is 0 Å². The van der Waals surface area contributed by atoms with Crippen molar-refractivity contribution in [2.24, 2.45) is 0 Å². The summed E-state index contributed by atoms with van der Waals surface area (Å²) in [6, 6.07) is 3.28. The molecule has 0 bridgehead atoms. The Hall–Kier alpha value is -1.73. The van der Waals surface area contributed by atoms with Crippen LogP contribution in [0.1, 0.15) is 16.3 Å². The lowest BCUT2D eigenvalue weighted by Gasteiger charge is -1.97. The lowest BCUT2D eigenvalue weighted by Crippen LogP contribution is -2.10. The minimum atomic E-state index is -0.348. The van der Waals surface area contributed by atoms with Gasteiger partial charge in [-0.1, -0.05) is 11.3 Å². The monoisotopic (exact) mass is 239 g/mol. The molecule has 0 aliphatic rings. The van der Waals surface area contributed by atoms with E-state index in [1.54, 1.807) is 19.2 Å². The summed E-state index contributed by atoms with van der Waals surface area (Å²) in [5, 5.41) is 10.3. The maximum absolute atomic E-state index is 11.6. The highest BCUT2D eigenvalue weighted by Gasteiger charge is 2.12. The predicted molar refractivity (Wildman–Crippen MR) is 57.3 cm³/mol. The third-order valence-corrected chi connectivity index (χ3v) is 2.36. The molecule has 1 N–H and O–H groups in total. The molecule has 2 heterocycles. The third kappa shape index (κ3) is 2.44. The van der Waals surface area contributed by atoms with Crippen LogP contribution >= 0.6 is 11.3 Å². The Bertz CT molecular complexity index is 466. The molecule has 0 saturated carbocycles. The highest BCUT2D eigenvalue weighted by Crippen LogP contribution is 2.13. The number of furan rings is 1. The van der Waals surface area contributed by atoms with Gasteiger partial charge in [-0.2, -0.15) is 0 Å². The van der Waals surface area contributed by atoms with Crippen molar-refractivity contribution in [3.63, 3.8) is 0 Å². The van der Waals surface area contributed by atoms with Crippen molar-refractivity contribution in [1.82, 2.24) is 10.2 Å². The van der Waals surface area contributed by atoms with Crippen molar-refractivity contribution in [2.75, 3.05) is 12.4 Å². The number of hydrogen-bond donors (Lipinski definition) is 1. The van der Waals surface area contributed by atoms with Crippen LogP contribution in [0.5, 0.6) is 0 Å². The second-order valence-electron chi connectivity index (χ2n) is 2.90. The van der Waals surface area contributed by atoms with E-state index in [0.717, 1.165) is 0 Å². The van der Waals surface area contributed by atoms with Gasteiger partial charge in [0.2, 0.25) is 5.13 Å². The number of carbonyl (C=O) groups is 1. The second kappa shape index (κ2) is 4.86. The van der Waals surface area contributed by atoms with E-state index in [2.05, 4.69) is 15.5 Å². The van der Waals surface area contributed by atoms with Crippen LogP contribution < -0.4 is 5.32 Å². The molecule has 2 aromatic heterocycles. The summed E-state index contributed by atoms with van der Waals surface area (Å²) in [6.07, 6.45) is 0. The topological polar surface area (TPSA) is 77.2 Å². The Balaban J connectivity index is 2.03. The van der Waals surface area contributed by atoms with E-state index in [-0.39, 0.29) is 11.7 Å². The van der Waals surface area contributed by atoms with Gasteiger partial charge in [0.15, 0.2) is 5.76 Å². The first kappa shape index (κ1) is 10.8. The summed E-state index contributed by atoms with van der Waals surface area (Å²) in [7, 11) is 1.56. The van der Waals surface area contributed by atoms with Crippen LogP contribution in [0.15, 0.2) is 22.1 Å². The van der Waals surface area contributed by atoms with Gasteiger partial charge in [0.05, 0.1) is 0 Å². The van der Waals surface area contributed by atoms with Gasteiger partial charge in [0.1, 0.15) is 17.9 Å². The van der Waals surface area contributed by atoms with E-state index in [4.69, 9.17) is 9.15 Å². The van der Waals surface area contributed by atoms with E-state index < -0.39 is 0 Å². The number of hydrogen-bond acceptors (Lipinski definition) is 6. The molecule has 0 atom stereocenters. The zero-order valence-electron chi connectivity index (χ0n) is 8.47.